The van der Waals surface area contributed by atoms with Crippen molar-refractivity contribution in [3.05, 3.63) is 64.2 Å². The summed E-state index contributed by atoms with van der Waals surface area (Å²) in [5.74, 6) is 0.856. The summed E-state index contributed by atoms with van der Waals surface area (Å²) >= 11 is 6.07. The van der Waals surface area contributed by atoms with E-state index >= 15 is 0 Å². The highest BCUT2D eigenvalue weighted by atomic mass is 35.5. The first kappa shape index (κ1) is 23.0. The third kappa shape index (κ3) is 8.02. The average molecular weight is 391 g/mol. The number of anilines is 1. The molecule has 148 valence electrons. The van der Waals surface area contributed by atoms with Crippen LogP contribution in [0.15, 0.2) is 42.5 Å². The highest BCUT2D eigenvalue weighted by Crippen LogP contribution is 2.21. The molecule has 0 unspecified atom stereocenters. The topological polar surface area (TPSA) is 52.6 Å². The molecule has 2 aromatic rings. The van der Waals surface area contributed by atoms with Gasteiger partial charge in [-0.1, -0.05) is 56.6 Å². The standard InChI is InChI=1S/C19H23ClN2.C2H6.CH2O2/c1-14-11-22(12-14)13-17-4-3-5-18(9-17)21-10-16-6-7-19(20)15(2)8-16;1-2;2-1-3/h3-9,14,21H,10-13H2,1-2H3;1-2H3;1H,(H,2,3). The Morgan fingerprint density at radius 3 is 2.44 bits per heavy atom. The zero-order valence-electron chi connectivity index (χ0n) is 16.7. The number of nitrogens with zero attached hydrogens (tertiary/aromatic N) is 1. The Balaban J connectivity index is 0.000000665. The van der Waals surface area contributed by atoms with Gasteiger partial charge in [-0.15, -0.1) is 0 Å². The van der Waals surface area contributed by atoms with Crippen LogP contribution < -0.4 is 5.32 Å². The lowest BCUT2D eigenvalue weighted by Gasteiger charge is -2.37. The van der Waals surface area contributed by atoms with E-state index in [0.717, 1.165) is 29.6 Å². The Morgan fingerprint density at radius 1 is 1.19 bits per heavy atom. The minimum atomic E-state index is -0.250. The molecule has 0 bridgehead atoms. The van der Waals surface area contributed by atoms with Gasteiger partial charge in [0.2, 0.25) is 0 Å². The van der Waals surface area contributed by atoms with Crippen LogP contribution in [0.5, 0.6) is 0 Å². The second kappa shape index (κ2) is 12.4. The van der Waals surface area contributed by atoms with E-state index in [1.165, 1.54) is 29.9 Å². The fourth-order valence-corrected chi connectivity index (χ4v) is 3.13. The highest BCUT2D eigenvalue weighted by molar-refractivity contribution is 6.31. The van der Waals surface area contributed by atoms with Crippen molar-refractivity contribution < 1.29 is 9.90 Å². The number of halogens is 1. The van der Waals surface area contributed by atoms with Gasteiger partial charge in [-0.2, -0.15) is 0 Å². The maximum Gasteiger partial charge on any atom is 0.290 e. The third-order valence-corrected chi connectivity index (χ3v) is 4.62. The van der Waals surface area contributed by atoms with Gasteiger partial charge in [0.15, 0.2) is 0 Å². The summed E-state index contributed by atoms with van der Waals surface area (Å²) in [6.07, 6.45) is 0. The molecule has 1 heterocycles. The second-order valence-corrected chi connectivity index (χ2v) is 6.95. The number of hydrogen-bond acceptors (Lipinski definition) is 3. The normalized spacial score (nSPS) is 13.4. The molecule has 27 heavy (non-hydrogen) atoms. The summed E-state index contributed by atoms with van der Waals surface area (Å²) in [7, 11) is 0. The number of nitrogens with one attached hydrogen (secondary N) is 1. The molecule has 1 aliphatic rings. The summed E-state index contributed by atoms with van der Waals surface area (Å²) in [6, 6.07) is 14.9. The molecule has 1 aliphatic heterocycles. The summed E-state index contributed by atoms with van der Waals surface area (Å²) < 4.78 is 0. The molecule has 2 N–H and O–H groups in total. The fourth-order valence-electron chi connectivity index (χ4n) is 3.02. The van der Waals surface area contributed by atoms with Crippen molar-refractivity contribution in [2.75, 3.05) is 18.4 Å². The minimum Gasteiger partial charge on any atom is -0.483 e. The molecule has 0 aliphatic carbocycles. The van der Waals surface area contributed by atoms with Crippen LogP contribution in [0.1, 0.15) is 37.5 Å². The first-order chi connectivity index (χ1) is 13.0. The van der Waals surface area contributed by atoms with Crippen LogP contribution in [-0.4, -0.2) is 29.6 Å². The van der Waals surface area contributed by atoms with E-state index in [1.807, 2.05) is 26.8 Å². The van der Waals surface area contributed by atoms with Crippen LogP contribution in [0.25, 0.3) is 0 Å². The first-order valence-electron chi connectivity index (χ1n) is 9.40. The smallest absolute Gasteiger partial charge is 0.290 e. The molecule has 0 atom stereocenters. The van der Waals surface area contributed by atoms with Gasteiger partial charge in [0.05, 0.1) is 0 Å². The fraction of sp³-hybridized carbons (Fsp3) is 0.409. The largest absolute Gasteiger partial charge is 0.483 e. The Hall–Kier alpha value is -2.04. The Morgan fingerprint density at radius 2 is 1.85 bits per heavy atom. The Labute approximate surface area is 168 Å². The van der Waals surface area contributed by atoms with Crippen molar-refractivity contribution in [2.45, 2.75) is 40.8 Å². The zero-order valence-corrected chi connectivity index (χ0v) is 17.5. The number of carboxylic acid groups (broad SMARTS) is 1. The average Bonchev–Trinajstić information content (AvgIpc) is 2.64. The minimum absolute atomic E-state index is 0.250. The van der Waals surface area contributed by atoms with Crippen molar-refractivity contribution in [2.24, 2.45) is 5.92 Å². The molecular formula is C22H31ClN2O2. The van der Waals surface area contributed by atoms with E-state index in [-0.39, 0.29) is 6.47 Å². The first-order valence-corrected chi connectivity index (χ1v) is 9.77. The Kier molecular flexibility index (Phi) is 10.5. The number of likely N-dealkylation sites (tertiary alicyclic amines) is 1. The summed E-state index contributed by atoms with van der Waals surface area (Å²) in [5, 5.41) is 11.2. The van der Waals surface area contributed by atoms with E-state index < -0.39 is 0 Å². The van der Waals surface area contributed by atoms with Crippen molar-refractivity contribution in [3.63, 3.8) is 0 Å². The van der Waals surface area contributed by atoms with E-state index in [1.54, 1.807) is 0 Å². The summed E-state index contributed by atoms with van der Waals surface area (Å²) in [6.45, 7) is 12.4. The molecule has 2 aromatic carbocycles. The maximum atomic E-state index is 8.36. The molecule has 0 spiro atoms. The maximum absolute atomic E-state index is 8.36. The summed E-state index contributed by atoms with van der Waals surface area (Å²) in [4.78, 5) is 10.9. The molecule has 0 aromatic heterocycles. The van der Waals surface area contributed by atoms with Gasteiger partial charge in [-0.25, -0.2) is 0 Å². The third-order valence-electron chi connectivity index (χ3n) is 4.19. The molecule has 0 radical (unpaired) electrons. The molecule has 0 saturated carbocycles. The molecule has 1 saturated heterocycles. The SMILES string of the molecule is CC.Cc1cc(CNc2cccc(CN3CC(C)C3)c2)ccc1Cl.O=CO. The van der Waals surface area contributed by atoms with Crippen LogP contribution in [0.3, 0.4) is 0 Å². The van der Waals surface area contributed by atoms with Gasteiger partial charge in [0.1, 0.15) is 0 Å². The predicted octanol–water partition coefficient (Wildman–Crippen LogP) is 5.44. The number of benzene rings is 2. The van der Waals surface area contributed by atoms with Crippen molar-refractivity contribution in [1.29, 1.82) is 0 Å². The van der Waals surface area contributed by atoms with Gasteiger partial charge in [0.25, 0.3) is 6.47 Å². The van der Waals surface area contributed by atoms with Crippen molar-refractivity contribution >= 4 is 23.8 Å². The molecule has 5 heteroatoms. The lowest BCUT2D eigenvalue weighted by Crippen LogP contribution is -2.44. The lowest BCUT2D eigenvalue weighted by molar-refractivity contribution is -0.122. The van der Waals surface area contributed by atoms with Crippen LogP contribution in [0.4, 0.5) is 5.69 Å². The van der Waals surface area contributed by atoms with E-state index in [9.17, 15) is 0 Å². The highest BCUT2D eigenvalue weighted by Gasteiger charge is 2.21. The van der Waals surface area contributed by atoms with Gasteiger partial charge in [-0.05, 0) is 47.7 Å². The van der Waals surface area contributed by atoms with Gasteiger partial charge < -0.3 is 10.4 Å². The van der Waals surface area contributed by atoms with Crippen LogP contribution in [0, 0.1) is 12.8 Å². The number of hydrogen-bond donors (Lipinski definition) is 2. The van der Waals surface area contributed by atoms with Crippen molar-refractivity contribution in [3.8, 4) is 0 Å². The Bertz CT molecular complexity index is 700. The molecule has 3 rings (SSSR count). The molecule has 1 fully saturated rings. The van der Waals surface area contributed by atoms with Crippen LogP contribution in [-0.2, 0) is 17.9 Å². The van der Waals surface area contributed by atoms with Crippen LogP contribution >= 0.6 is 11.6 Å². The van der Waals surface area contributed by atoms with E-state index in [2.05, 4.69) is 53.5 Å². The monoisotopic (exact) mass is 390 g/mol. The zero-order chi connectivity index (χ0) is 20.2. The number of aryl methyl sites for hydroxylation is 1. The quantitative estimate of drug-likeness (QED) is 0.667. The van der Waals surface area contributed by atoms with Crippen LogP contribution in [0.2, 0.25) is 5.02 Å². The predicted molar refractivity (Wildman–Crippen MR) is 114 cm³/mol. The van der Waals surface area contributed by atoms with E-state index in [4.69, 9.17) is 21.5 Å². The van der Waals surface area contributed by atoms with E-state index in [0.29, 0.717) is 0 Å². The van der Waals surface area contributed by atoms with Gasteiger partial charge >= 0.3 is 0 Å². The second-order valence-electron chi connectivity index (χ2n) is 6.54. The van der Waals surface area contributed by atoms with Gasteiger partial charge in [-0.3, -0.25) is 9.69 Å². The van der Waals surface area contributed by atoms with Gasteiger partial charge in [0, 0.05) is 36.9 Å². The number of rotatable bonds is 5. The summed E-state index contributed by atoms with van der Waals surface area (Å²) in [5.41, 5.74) is 4.94. The molecular weight excluding hydrogens is 360 g/mol. The lowest BCUT2D eigenvalue weighted by atomic mass is 10.0. The number of carbonyl (C=O) groups is 1. The molecule has 4 nitrogen and oxygen atoms in total. The van der Waals surface area contributed by atoms with Crippen molar-refractivity contribution in [1.82, 2.24) is 4.90 Å². The molecule has 0 amide bonds.